The molecule has 5 heteroatoms. The summed E-state index contributed by atoms with van der Waals surface area (Å²) in [6.45, 7) is 13.2. The molecular formula is C17H23ClN2OSi. The van der Waals surface area contributed by atoms with Gasteiger partial charge in [-0.2, -0.15) is 0 Å². The van der Waals surface area contributed by atoms with E-state index in [0.717, 1.165) is 22.6 Å². The zero-order valence-electron chi connectivity index (χ0n) is 14.1. The summed E-state index contributed by atoms with van der Waals surface area (Å²) < 4.78 is 6.38. The van der Waals surface area contributed by atoms with Crippen molar-refractivity contribution in [2.24, 2.45) is 0 Å². The van der Waals surface area contributed by atoms with Crippen LogP contribution in [0.3, 0.4) is 0 Å². The Balaban J connectivity index is 2.40. The molecule has 0 aliphatic rings. The molecule has 0 spiro atoms. The van der Waals surface area contributed by atoms with Gasteiger partial charge in [0.15, 0.2) is 0 Å². The van der Waals surface area contributed by atoms with E-state index in [-0.39, 0.29) is 5.04 Å². The Kier molecular flexibility index (Phi) is 4.64. The third-order valence-electron chi connectivity index (χ3n) is 4.30. The van der Waals surface area contributed by atoms with Crippen molar-refractivity contribution in [2.75, 3.05) is 0 Å². The van der Waals surface area contributed by atoms with Crippen LogP contribution < -0.4 is 4.43 Å². The molecule has 0 N–H and O–H groups in total. The largest absolute Gasteiger partial charge is 0.543 e. The molecule has 0 bridgehead atoms. The van der Waals surface area contributed by atoms with Gasteiger partial charge in [-0.25, -0.2) is 9.97 Å². The fourth-order valence-electron chi connectivity index (χ4n) is 1.87. The summed E-state index contributed by atoms with van der Waals surface area (Å²) in [7, 11) is -1.86. The van der Waals surface area contributed by atoms with Crippen molar-refractivity contribution >= 4 is 19.9 Å². The van der Waals surface area contributed by atoms with Gasteiger partial charge in [-0.15, -0.1) is 0 Å². The monoisotopic (exact) mass is 334 g/mol. The fourth-order valence-corrected chi connectivity index (χ4v) is 3.04. The molecule has 0 unspecified atom stereocenters. The molecule has 0 fully saturated rings. The van der Waals surface area contributed by atoms with Crippen molar-refractivity contribution < 1.29 is 4.43 Å². The van der Waals surface area contributed by atoms with E-state index in [0.29, 0.717) is 5.15 Å². The van der Waals surface area contributed by atoms with Crippen LogP contribution in [0.25, 0.3) is 11.3 Å². The van der Waals surface area contributed by atoms with E-state index in [2.05, 4.69) is 62.9 Å². The van der Waals surface area contributed by atoms with Gasteiger partial charge < -0.3 is 4.43 Å². The molecule has 0 saturated heterocycles. The maximum absolute atomic E-state index is 6.38. The lowest BCUT2D eigenvalue weighted by Gasteiger charge is -2.36. The lowest BCUT2D eigenvalue weighted by molar-refractivity contribution is 0.492. The number of hydrogen-bond donors (Lipinski definition) is 0. The normalized spacial score (nSPS) is 12.3. The number of nitrogens with zero attached hydrogens (tertiary/aromatic N) is 2. The minimum absolute atomic E-state index is 0.163. The van der Waals surface area contributed by atoms with Gasteiger partial charge in [-0.3, -0.25) is 0 Å². The molecule has 2 aromatic rings. The number of benzene rings is 1. The SMILES string of the molecule is Cc1ccc(O[Si](C)(C)C(C)(C)C)cc1-c1cc(Cl)ncn1. The van der Waals surface area contributed by atoms with Crippen molar-refractivity contribution in [3.63, 3.8) is 0 Å². The molecule has 0 radical (unpaired) electrons. The van der Waals surface area contributed by atoms with Crippen LogP contribution in [-0.4, -0.2) is 18.3 Å². The standard InChI is InChI=1S/C17H23ClN2OSi/c1-12-7-8-13(21-22(5,6)17(2,3)4)9-14(12)15-10-16(18)20-11-19-15/h7-11H,1-6H3. The smallest absolute Gasteiger partial charge is 0.250 e. The van der Waals surface area contributed by atoms with E-state index in [1.165, 1.54) is 6.33 Å². The Bertz CT molecular complexity index is 681. The van der Waals surface area contributed by atoms with Gasteiger partial charge in [0.05, 0.1) is 5.69 Å². The predicted octanol–water partition coefficient (Wildman–Crippen LogP) is 5.49. The molecule has 1 heterocycles. The van der Waals surface area contributed by atoms with Crippen LogP contribution in [0.5, 0.6) is 5.75 Å². The van der Waals surface area contributed by atoms with Gasteiger partial charge in [0.2, 0.25) is 8.32 Å². The van der Waals surface area contributed by atoms with E-state index in [9.17, 15) is 0 Å². The first-order chi connectivity index (χ1) is 10.1. The number of hydrogen-bond acceptors (Lipinski definition) is 3. The molecule has 0 aliphatic carbocycles. The second-order valence-corrected chi connectivity index (χ2v) is 12.2. The van der Waals surface area contributed by atoms with E-state index in [1.54, 1.807) is 6.07 Å². The predicted molar refractivity (Wildman–Crippen MR) is 95.0 cm³/mol. The molecule has 2 rings (SSSR count). The van der Waals surface area contributed by atoms with E-state index >= 15 is 0 Å². The first-order valence-corrected chi connectivity index (χ1v) is 10.7. The Morgan fingerprint density at radius 3 is 2.36 bits per heavy atom. The summed E-state index contributed by atoms with van der Waals surface area (Å²) in [6, 6.07) is 7.92. The second-order valence-electron chi connectivity index (χ2n) is 7.07. The lowest BCUT2D eigenvalue weighted by Crippen LogP contribution is -2.43. The second kappa shape index (κ2) is 6.01. The van der Waals surface area contributed by atoms with Crippen molar-refractivity contribution in [1.29, 1.82) is 0 Å². The van der Waals surface area contributed by atoms with Gasteiger partial charge in [0, 0.05) is 11.6 Å². The van der Waals surface area contributed by atoms with E-state index in [1.807, 2.05) is 6.07 Å². The van der Waals surface area contributed by atoms with Crippen LogP contribution in [0, 0.1) is 6.92 Å². The average Bonchev–Trinajstić information content (AvgIpc) is 2.39. The Morgan fingerprint density at radius 1 is 1.09 bits per heavy atom. The van der Waals surface area contributed by atoms with Crippen LogP contribution in [0.4, 0.5) is 0 Å². The van der Waals surface area contributed by atoms with Crippen LogP contribution in [0.1, 0.15) is 26.3 Å². The molecule has 0 aliphatic heterocycles. The number of aromatic nitrogens is 2. The topological polar surface area (TPSA) is 35.0 Å². The zero-order valence-corrected chi connectivity index (χ0v) is 15.8. The van der Waals surface area contributed by atoms with Gasteiger partial charge in [0.1, 0.15) is 17.2 Å². The Morgan fingerprint density at radius 2 is 1.77 bits per heavy atom. The van der Waals surface area contributed by atoms with Crippen molar-refractivity contribution in [1.82, 2.24) is 9.97 Å². The van der Waals surface area contributed by atoms with E-state index < -0.39 is 8.32 Å². The molecule has 118 valence electrons. The molecular weight excluding hydrogens is 312 g/mol. The minimum Gasteiger partial charge on any atom is -0.543 e. The highest BCUT2D eigenvalue weighted by molar-refractivity contribution is 6.74. The number of aryl methyl sites for hydroxylation is 1. The summed E-state index contributed by atoms with van der Waals surface area (Å²) in [5.74, 6) is 0.891. The fraction of sp³-hybridized carbons (Fsp3) is 0.412. The van der Waals surface area contributed by atoms with Gasteiger partial charge in [-0.05, 0) is 42.8 Å². The summed E-state index contributed by atoms with van der Waals surface area (Å²) in [5.41, 5.74) is 2.98. The van der Waals surface area contributed by atoms with Gasteiger partial charge in [0.25, 0.3) is 0 Å². The van der Waals surface area contributed by atoms with Crippen molar-refractivity contribution in [3.8, 4) is 17.0 Å². The summed E-state index contributed by atoms with van der Waals surface area (Å²) in [6.07, 6.45) is 1.48. The molecule has 1 aromatic heterocycles. The van der Waals surface area contributed by atoms with Crippen LogP contribution in [0.15, 0.2) is 30.6 Å². The maximum Gasteiger partial charge on any atom is 0.250 e. The van der Waals surface area contributed by atoms with Gasteiger partial charge >= 0.3 is 0 Å². The van der Waals surface area contributed by atoms with Crippen LogP contribution in [0.2, 0.25) is 23.3 Å². The average molecular weight is 335 g/mol. The Hall–Kier alpha value is -1.39. The van der Waals surface area contributed by atoms with Crippen molar-refractivity contribution in [2.45, 2.75) is 45.8 Å². The highest BCUT2D eigenvalue weighted by atomic mass is 35.5. The zero-order chi connectivity index (χ0) is 16.5. The summed E-state index contributed by atoms with van der Waals surface area (Å²) in [5, 5.41) is 0.608. The van der Waals surface area contributed by atoms with Crippen LogP contribution in [-0.2, 0) is 0 Å². The number of rotatable bonds is 3. The van der Waals surface area contributed by atoms with Gasteiger partial charge in [-0.1, -0.05) is 38.4 Å². The molecule has 0 atom stereocenters. The molecule has 3 nitrogen and oxygen atoms in total. The van der Waals surface area contributed by atoms with Crippen molar-refractivity contribution in [3.05, 3.63) is 41.3 Å². The third-order valence-corrected chi connectivity index (χ3v) is 8.86. The van der Waals surface area contributed by atoms with E-state index in [4.69, 9.17) is 16.0 Å². The first-order valence-electron chi connectivity index (χ1n) is 7.38. The molecule has 22 heavy (non-hydrogen) atoms. The minimum atomic E-state index is -1.86. The summed E-state index contributed by atoms with van der Waals surface area (Å²) in [4.78, 5) is 8.26. The highest BCUT2D eigenvalue weighted by Gasteiger charge is 2.39. The Labute approximate surface area is 138 Å². The van der Waals surface area contributed by atoms with Crippen LogP contribution >= 0.6 is 11.6 Å². The highest BCUT2D eigenvalue weighted by Crippen LogP contribution is 2.38. The first kappa shape index (κ1) is 17.0. The lowest BCUT2D eigenvalue weighted by atomic mass is 10.1. The number of halogens is 1. The maximum atomic E-state index is 6.38. The molecule has 0 amide bonds. The third kappa shape index (κ3) is 3.68. The quantitative estimate of drug-likeness (QED) is 0.550. The molecule has 0 saturated carbocycles. The summed E-state index contributed by atoms with van der Waals surface area (Å²) >= 11 is 5.98. The molecule has 1 aromatic carbocycles.